The molecule has 0 aromatic heterocycles. The molecule has 0 saturated carbocycles. The van der Waals surface area contributed by atoms with Gasteiger partial charge in [-0.2, -0.15) is 0 Å². The van der Waals surface area contributed by atoms with Gasteiger partial charge in [0.25, 0.3) is 0 Å². The number of hydrogen-bond donors (Lipinski definition) is 0. The molecular weight excluding hydrogens is 416 g/mol. The van der Waals surface area contributed by atoms with Crippen molar-refractivity contribution < 1.29 is 9.53 Å². The normalized spacial score (nSPS) is 11.1. The smallest absolute Gasteiger partial charge is 0.311 e. The van der Waals surface area contributed by atoms with E-state index in [9.17, 15) is 4.79 Å². The van der Waals surface area contributed by atoms with E-state index in [1.54, 1.807) is 0 Å². The van der Waals surface area contributed by atoms with Crippen LogP contribution >= 0.6 is 0 Å². The van der Waals surface area contributed by atoms with Crippen LogP contribution in [0.3, 0.4) is 0 Å². The van der Waals surface area contributed by atoms with E-state index in [1.165, 1.54) is 128 Å². The molecule has 0 radical (unpaired) electrons. The van der Waals surface area contributed by atoms with Gasteiger partial charge in [0.05, 0.1) is 0 Å². The van der Waals surface area contributed by atoms with Gasteiger partial charge in [-0.25, -0.2) is 0 Å². The minimum atomic E-state index is -0.0774. The fourth-order valence-corrected chi connectivity index (χ4v) is 4.70. The molecule has 2 heteroatoms. The summed E-state index contributed by atoms with van der Waals surface area (Å²) in [7, 11) is 0. The highest BCUT2D eigenvalue weighted by molar-refractivity contribution is 5.72. The van der Waals surface area contributed by atoms with Gasteiger partial charge in [0, 0.05) is 6.42 Å². The van der Waals surface area contributed by atoms with Crippen molar-refractivity contribution in [1.82, 2.24) is 0 Å². The van der Waals surface area contributed by atoms with Crippen molar-refractivity contribution >= 4 is 5.97 Å². The summed E-state index contributed by atoms with van der Waals surface area (Å²) in [5.74, 6) is 0.640. The molecular formula is C32H56O2. The molecule has 0 heterocycles. The van der Waals surface area contributed by atoms with E-state index in [2.05, 4.69) is 26.0 Å². The molecule has 0 amide bonds. The van der Waals surface area contributed by atoms with E-state index in [-0.39, 0.29) is 5.97 Å². The summed E-state index contributed by atoms with van der Waals surface area (Å²) in [6, 6.07) is 8.13. The lowest BCUT2D eigenvalue weighted by Gasteiger charge is -2.07. The lowest BCUT2D eigenvalue weighted by atomic mass is 10.0. The highest BCUT2D eigenvalue weighted by Gasteiger charge is 2.06. The van der Waals surface area contributed by atoms with Gasteiger partial charge >= 0.3 is 5.97 Å². The second-order valence-corrected chi connectivity index (χ2v) is 10.3. The molecule has 0 N–H and O–H groups in total. The molecule has 0 unspecified atom stereocenters. The highest BCUT2D eigenvalue weighted by Crippen LogP contribution is 2.18. The van der Waals surface area contributed by atoms with Gasteiger partial charge < -0.3 is 4.74 Å². The Morgan fingerprint density at radius 2 is 1.03 bits per heavy atom. The van der Waals surface area contributed by atoms with Crippen LogP contribution < -0.4 is 4.74 Å². The number of carbonyl (C=O) groups excluding carboxylic acids is 1. The molecule has 196 valence electrons. The zero-order valence-corrected chi connectivity index (χ0v) is 22.9. The van der Waals surface area contributed by atoms with Crippen LogP contribution in [0.5, 0.6) is 5.75 Å². The Balaban J connectivity index is 1.95. The maximum atomic E-state index is 12.2. The number of esters is 1. The highest BCUT2D eigenvalue weighted by atomic mass is 16.5. The minimum Gasteiger partial charge on any atom is -0.427 e. The predicted molar refractivity (Wildman–Crippen MR) is 149 cm³/mol. The summed E-state index contributed by atoms with van der Waals surface area (Å²) >= 11 is 0. The van der Waals surface area contributed by atoms with E-state index in [0.29, 0.717) is 6.42 Å². The monoisotopic (exact) mass is 472 g/mol. The Labute approximate surface area is 212 Å². The van der Waals surface area contributed by atoms with Crippen molar-refractivity contribution in [3.63, 3.8) is 0 Å². The molecule has 2 nitrogen and oxygen atoms in total. The molecule has 0 aliphatic heterocycles. The Kier molecular flexibility index (Phi) is 21.2. The molecule has 0 spiro atoms. The van der Waals surface area contributed by atoms with E-state index >= 15 is 0 Å². The fourth-order valence-electron chi connectivity index (χ4n) is 4.70. The molecule has 0 saturated heterocycles. The molecule has 0 fully saturated rings. The van der Waals surface area contributed by atoms with E-state index in [0.717, 1.165) is 25.0 Å². The second-order valence-electron chi connectivity index (χ2n) is 10.3. The lowest BCUT2D eigenvalue weighted by Crippen LogP contribution is -2.07. The Morgan fingerprint density at radius 3 is 1.53 bits per heavy atom. The standard InChI is InChI=1S/C32H56O2/c1-3-5-7-9-11-12-13-14-15-16-17-18-19-21-23-28-32(33)34-31-27-24-26-30(29-31)25-22-20-10-8-6-4-2/h24,26-27,29H,3-23,25,28H2,1-2H3. The number of carbonyl (C=O) groups is 1. The third-order valence-corrected chi connectivity index (χ3v) is 6.93. The predicted octanol–water partition coefficient (Wildman–Crippen LogP) is 10.8. The van der Waals surface area contributed by atoms with Crippen molar-refractivity contribution in [3.8, 4) is 5.75 Å². The maximum absolute atomic E-state index is 12.2. The number of benzene rings is 1. The summed E-state index contributed by atoms with van der Waals surface area (Å²) < 4.78 is 5.59. The molecule has 1 rings (SSSR count). The van der Waals surface area contributed by atoms with Crippen LogP contribution in [-0.2, 0) is 11.2 Å². The van der Waals surface area contributed by atoms with Crippen molar-refractivity contribution in [1.29, 1.82) is 0 Å². The zero-order chi connectivity index (χ0) is 24.5. The van der Waals surface area contributed by atoms with Gasteiger partial charge in [-0.1, -0.05) is 148 Å². The molecule has 0 atom stereocenters. The van der Waals surface area contributed by atoms with Crippen molar-refractivity contribution in [3.05, 3.63) is 29.8 Å². The quantitative estimate of drug-likeness (QED) is 0.0849. The van der Waals surface area contributed by atoms with Gasteiger partial charge in [-0.3, -0.25) is 4.79 Å². The number of ether oxygens (including phenoxy) is 1. The van der Waals surface area contributed by atoms with Gasteiger partial charge in [-0.15, -0.1) is 0 Å². The van der Waals surface area contributed by atoms with Crippen LogP contribution in [0.1, 0.15) is 161 Å². The van der Waals surface area contributed by atoms with Crippen LogP contribution in [0, 0.1) is 0 Å². The Bertz CT molecular complexity index is 580. The molecule has 0 aliphatic carbocycles. The van der Waals surface area contributed by atoms with Crippen molar-refractivity contribution in [2.45, 2.75) is 162 Å². The number of aryl methyl sites for hydroxylation is 1. The average molecular weight is 473 g/mol. The van der Waals surface area contributed by atoms with Crippen LogP contribution in [-0.4, -0.2) is 5.97 Å². The van der Waals surface area contributed by atoms with Crippen LogP contribution in [0.2, 0.25) is 0 Å². The van der Waals surface area contributed by atoms with Gasteiger partial charge in [-0.05, 0) is 37.0 Å². The summed E-state index contributed by atoms with van der Waals surface area (Å²) in [6.45, 7) is 4.54. The topological polar surface area (TPSA) is 26.3 Å². The first-order valence-corrected chi connectivity index (χ1v) is 15.1. The summed E-state index contributed by atoms with van der Waals surface area (Å²) in [5.41, 5.74) is 1.28. The molecule has 0 aliphatic rings. The van der Waals surface area contributed by atoms with Gasteiger partial charge in [0.15, 0.2) is 0 Å². The molecule has 0 bridgehead atoms. The van der Waals surface area contributed by atoms with Crippen LogP contribution in [0.15, 0.2) is 24.3 Å². The second kappa shape index (κ2) is 23.4. The largest absolute Gasteiger partial charge is 0.427 e. The van der Waals surface area contributed by atoms with Crippen molar-refractivity contribution in [2.75, 3.05) is 0 Å². The molecule has 1 aromatic carbocycles. The maximum Gasteiger partial charge on any atom is 0.311 e. The van der Waals surface area contributed by atoms with Crippen LogP contribution in [0.4, 0.5) is 0 Å². The number of unbranched alkanes of at least 4 members (excludes halogenated alkanes) is 19. The number of hydrogen-bond acceptors (Lipinski definition) is 2. The SMILES string of the molecule is CCCCCCCCCCCCCCCCCC(=O)Oc1cccc(CCCCCCCC)c1. The van der Waals surface area contributed by atoms with Crippen molar-refractivity contribution in [2.24, 2.45) is 0 Å². The average Bonchev–Trinajstić information content (AvgIpc) is 2.84. The van der Waals surface area contributed by atoms with Gasteiger partial charge in [0.2, 0.25) is 0 Å². The van der Waals surface area contributed by atoms with Gasteiger partial charge in [0.1, 0.15) is 5.75 Å². The zero-order valence-electron chi connectivity index (χ0n) is 22.9. The first kappa shape index (κ1) is 30.7. The fraction of sp³-hybridized carbons (Fsp3) is 0.781. The summed E-state index contributed by atoms with van der Waals surface area (Å²) in [4.78, 5) is 12.2. The third-order valence-electron chi connectivity index (χ3n) is 6.93. The van der Waals surface area contributed by atoms with Crippen LogP contribution in [0.25, 0.3) is 0 Å². The number of rotatable bonds is 24. The lowest BCUT2D eigenvalue weighted by molar-refractivity contribution is -0.134. The minimum absolute atomic E-state index is 0.0774. The first-order valence-electron chi connectivity index (χ1n) is 15.1. The summed E-state index contributed by atoms with van der Waals surface area (Å²) in [5, 5.41) is 0. The Morgan fingerprint density at radius 1 is 0.588 bits per heavy atom. The van der Waals surface area contributed by atoms with E-state index in [1.807, 2.05) is 12.1 Å². The third kappa shape index (κ3) is 19.0. The first-order chi connectivity index (χ1) is 16.8. The molecule has 34 heavy (non-hydrogen) atoms. The summed E-state index contributed by atoms with van der Waals surface area (Å²) in [6.07, 6.45) is 29.6. The Hall–Kier alpha value is -1.31. The van der Waals surface area contributed by atoms with E-state index in [4.69, 9.17) is 4.74 Å². The molecule has 1 aromatic rings. The van der Waals surface area contributed by atoms with E-state index < -0.39 is 0 Å².